The number of amides is 1. The van der Waals surface area contributed by atoms with E-state index in [0.717, 1.165) is 0 Å². The Morgan fingerprint density at radius 3 is 2.60 bits per heavy atom. The Morgan fingerprint density at radius 1 is 1.40 bits per heavy atom. The van der Waals surface area contributed by atoms with Gasteiger partial charge in [0.1, 0.15) is 5.82 Å². The Kier molecular flexibility index (Phi) is 3.71. The van der Waals surface area contributed by atoms with Crippen LogP contribution in [0.5, 0.6) is 0 Å². The highest BCUT2D eigenvalue weighted by Gasteiger charge is 2.18. The molecule has 1 unspecified atom stereocenters. The molecule has 0 aliphatic rings. The van der Waals surface area contributed by atoms with Crippen LogP contribution in [0.15, 0.2) is 24.3 Å². The molecule has 0 bridgehead atoms. The van der Waals surface area contributed by atoms with E-state index in [1.807, 2.05) is 0 Å². The zero-order valence-corrected chi connectivity index (χ0v) is 8.01. The summed E-state index contributed by atoms with van der Waals surface area (Å²) >= 11 is 0. The molecule has 0 heterocycles. The number of nitrogens with one attached hydrogen (secondary N) is 1. The summed E-state index contributed by atoms with van der Waals surface area (Å²) in [6.45, 7) is 1.51. The van der Waals surface area contributed by atoms with E-state index in [2.05, 4.69) is 5.32 Å². The number of hydrogen-bond acceptors (Lipinski definition) is 1. The van der Waals surface area contributed by atoms with E-state index in [4.69, 9.17) is 0 Å². The minimum atomic E-state index is -3.05. The lowest BCUT2D eigenvalue weighted by Crippen LogP contribution is -2.31. The van der Waals surface area contributed by atoms with Crippen molar-refractivity contribution in [3.05, 3.63) is 35.6 Å². The molecule has 15 heavy (non-hydrogen) atoms. The Balaban J connectivity index is 2.69. The van der Waals surface area contributed by atoms with Crippen molar-refractivity contribution in [2.45, 2.75) is 19.4 Å². The fourth-order valence-electron chi connectivity index (χ4n) is 1.14. The molecule has 1 aromatic carbocycles. The van der Waals surface area contributed by atoms with Gasteiger partial charge in [-0.2, -0.15) is 8.78 Å². The normalized spacial score (nSPS) is 12.6. The quantitative estimate of drug-likeness (QED) is 0.826. The van der Waals surface area contributed by atoms with E-state index >= 15 is 0 Å². The van der Waals surface area contributed by atoms with Crippen LogP contribution >= 0.6 is 0 Å². The second-order valence-corrected chi connectivity index (χ2v) is 3.09. The van der Waals surface area contributed by atoms with Gasteiger partial charge in [0.05, 0.1) is 6.04 Å². The molecular weight excluding hydrogens is 207 g/mol. The van der Waals surface area contributed by atoms with Gasteiger partial charge in [-0.25, -0.2) is 4.39 Å². The van der Waals surface area contributed by atoms with Crippen LogP contribution in [0.2, 0.25) is 0 Å². The van der Waals surface area contributed by atoms with Crippen molar-refractivity contribution >= 4 is 5.91 Å². The molecule has 1 rings (SSSR count). The first kappa shape index (κ1) is 11.6. The summed E-state index contributed by atoms with van der Waals surface area (Å²) in [7, 11) is 0. The SMILES string of the molecule is CC(NC(=O)C(F)F)c1cccc(F)c1. The molecular formula is C10H10F3NO. The van der Waals surface area contributed by atoms with E-state index in [0.29, 0.717) is 5.56 Å². The molecule has 1 N–H and O–H groups in total. The molecule has 1 amide bonds. The van der Waals surface area contributed by atoms with Crippen molar-refractivity contribution < 1.29 is 18.0 Å². The highest BCUT2D eigenvalue weighted by Crippen LogP contribution is 2.13. The summed E-state index contributed by atoms with van der Waals surface area (Å²) in [6.07, 6.45) is -3.05. The van der Waals surface area contributed by atoms with Gasteiger partial charge in [0.15, 0.2) is 0 Å². The average Bonchev–Trinajstić information content (AvgIpc) is 2.17. The second-order valence-electron chi connectivity index (χ2n) is 3.09. The summed E-state index contributed by atoms with van der Waals surface area (Å²) in [4.78, 5) is 10.7. The lowest BCUT2D eigenvalue weighted by Gasteiger charge is -2.13. The van der Waals surface area contributed by atoms with Crippen LogP contribution in [0.1, 0.15) is 18.5 Å². The molecule has 0 saturated heterocycles. The Labute approximate surface area is 85.1 Å². The van der Waals surface area contributed by atoms with Gasteiger partial charge in [-0.1, -0.05) is 12.1 Å². The fourth-order valence-corrected chi connectivity index (χ4v) is 1.14. The number of benzene rings is 1. The summed E-state index contributed by atoms with van der Waals surface area (Å²) in [5.41, 5.74) is 0.448. The molecule has 2 nitrogen and oxygen atoms in total. The van der Waals surface area contributed by atoms with E-state index < -0.39 is 24.2 Å². The number of rotatable bonds is 3. The van der Waals surface area contributed by atoms with E-state index in [9.17, 15) is 18.0 Å². The molecule has 0 fully saturated rings. The predicted octanol–water partition coefficient (Wildman–Crippen LogP) is 2.27. The second kappa shape index (κ2) is 4.82. The maximum absolute atomic E-state index is 12.8. The molecule has 0 spiro atoms. The maximum Gasteiger partial charge on any atom is 0.315 e. The minimum Gasteiger partial charge on any atom is -0.345 e. The molecule has 5 heteroatoms. The van der Waals surface area contributed by atoms with Crippen molar-refractivity contribution in [1.82, 2.24) is 5.32 Å². The zero-order valence-electron chi connectivity index (χ0n) is 8.01. The minimum absolute atomic E-state index is 0.448. The van der Waals surface area contributed by atoms with Crippen LogP contribution in [-0.2, 0) is 4.79 Å². The molecule has 0 aliphatic carbocycles. The summed E-state index contributed by atoms with van der Waals surface area (Å²) in [6, 6.07) is 4.80. The third-order valence-corrected chi connectivity index (χ3v) is 1.91. The van der Waals surface area contributed by atoms with E-state index in [1.165, 1.54) is 25.1 Å². The van der Waals surface area contributed by atoms with Crippen LogP contribution in [-0.4, -0.2) is 12.3 Å². The van der Waals surface area contributed by atoms with Gasteiger partial charge in [-0.15, -0.1) is 0 Å². The number of halogens is 3. The van der Waals surface area contributed by atoms with Crippen molar-refractivity contribution in [1.29, 1.82) is 0 Å². The molecule has 0 saturated carbocycles. The highest BCUT2D eigenvalue weighted by molar-refractivity contribution is 5.79. The maximum atomic E-state index is 12.8. The fraction of sp³-hybridized carbons (Fsp3) is 0.300. The van der Waals surface area contributed by atoms with Crippen molar-refractivity contribution in [3.63, 3.8) is 0 Å². The number of carbonyl (C=O) groups excluding carboxylic acids is 1. The summed E-state index contributed by atoms with van der Waals surface area (Å²) in [5, 5.41) is 2.07. The van der Waals surface area contributed by atoms with E-state index in [1.54, 1.807) is 6.07 Å². The Morgan fingerprint density at radius 2 is 2.07 bits per heavy atom. The smallest absolute Gasteiger partial charge is 0.315 e. The van der Waals surface area contributed by atoms with Gasteiger partial charge in [0.2, 0.25) is 0 Å². The van der Waals surface area contributed by atoms with E-state index in [-0.39, 0.29) is 0 Å². The van der Waals surface area contributed by atoms with Crippen molar-refractivity contribution in [2.75, 3.05) is 0 Å². The topological polar surface area (TPSA) is 29.1 Å². The van der Waals surface area contributed by atoms with Gasteiger partial charge in [0.25, 0.3) is 5.91 Å². The highest BCUT2D eigenvalue weighted by atomic mass is 19.3. The monoisotopic (exact) mass is 217 g/mol. The van der Waals surface area contributed by atoms with Crippen LogP contribution < -0.4 is 5.32 Å². The predicted molar refractivity (Wildman–Crippen MR) is 49.0 cm³/mol. The van der Waals surface area contributed by atoms with Crippen LogP contribution in [0, 0.1) is 5.82 Å². The van der Waals surface area contributed by atoms with Crippen molar-refractivity contribution in [2.24, 2.45) is 0 Å². The molecule has 0 aliphatic heterocycles. The van der Waals surface area contributed by atoms with Gasteiger partial charge >= 0.3 is 6.43 Å². The van der Waals surface area contributed by atoms with Crippen LogP contribution in [0.4, 0.5) is 13.2 Å². The Bertz CT molecular complexity index is 354. The number of hydrogen-bond donors (Lipinski definition) is 1. The van der Waals surface area contributed by atoms with Crippen LogP contribution in [0.3, 0.4) is 0 Å². The lowest BCUT2D eigenvalue weighted by molar-refractivity contribution is -0.132. The number of alkyl halides is 2. The lowest BCUT2D eigenvalue weighted by atomic mass is 10.1. The molecule has 82 valence electrons. The van der Waals surface area contributed by atoms with Crippen LogP contribution in [0.25, 0.3) is 0 Å². The first-order valence-electron chi connectivity index (χ1n) is 4.34. The largest absolute Gasteiger partial charge is 0.345 e. The standard InChI is InChI=1S/C10H10F3NO/c1-6(14-10(15)9(12)13)7-3-2-4-8(11)5-7/h2-6,9H,1H3,(H,14,15). The first-order chi connectivity index (χ1) is 7.00. The first-order valence-corrected chi connectivity index (χ1v) is 4.34. The summed E-state index contributed by atoms with van der Waals surface area (Å²) in [5.74, 6) is -1.82. The molecule has 1 aromatic rings. The third-order valence-electron chi connectivity index (χ3n) is 1.91. The van der Waals surface area contributed by atoms with Gasteiger partial charge < -0.3 is 5.32 Å². The summed E-state index contributed by atoms with van der Waals surface area (Å²) < 4.78 is 36.6. The zero-order chi connectivity index (χ0) is 11.4. The van der Waals surface area contributed by atoms with Crippen molar-refractivity contribution in [3.8, 4) is 0 Å². The third kappa shape index (κ3) is 3.27. The number of carbonyl (C=O) groups is 1. The van der Waals surface area contributed by atoms with Gasteiger partial charge in [-0.05, 0) is 24.6 Å². The Hall–Kier alpha value is -1.52. The molecule has 1 atom stereocenters. The molecule has 0 radical (unpaired) electrons. The molecule has 0 aromatic heterocycles. The van der Waals surface area contributed by atoms with Gasteiger partial charge in [-0.3, -0.25) is 4.79 Å². The van der Waals surface area contributed by atoms with Gasteiger partial charge in [0, 0.05) is 0 Å². The average molecular weight is 217 g/mol.